The van der Waals surface area contributed by atoms with Crippen LogP contribution >= 0.6 is 35.2 Å². The van der Waals surface area contributed by atoms with Crippen LogP contribution in [0, 0.1) is 5.41 Å². The average molecular weight is 315 g/mol. The highest BCUT2D eigenvalue weighted by Gasteiger charge is 2.18. The summed E-state index contributed by atoms with van der Waals surface area (Å²) in [6, 6.07) is 0. The maximum absolute atomic E-state index is 10.8. The third-order valence-corrected chi connectivity index (χ3v) is 2.93. The van der Waals surface area contributed by atoms with Crippen molar-refractivity contribution in [1.29, 1.82) is 5.41 Å². The first kappa shape index (κ1) is 12.4. The first-order valence-electron chi connectivity index (χ1n) is 2.91. The van der Waals surface area contributed by atoms with Gasteiger partial charge in [0.15, 0.2) is 5.71 Å². The summed E-state index contributed by atoms with van der Waals surface area (Å²) in [6.07, 6.45) is 0. The highest BCUT2D eigenvalue weighted by atomic mass is 127. The molecule has 0 rings (SSSR count). The molecule has 7 heteroatoms. The van der Waals surface area contributed by atoms with E-state index in [9.17, 15) is 9.59 Å². The smallest absolute Gasteiger partial charge is 0.354 e. The fourth-order valence-electron chi connectivity index (χ4n) is 0.399. The number of hydrogen-bond acceptors (Lipinski definition) is 5. The second-order valence-electron chi connectivity index (χ2n) is 1.83. The van der Waals surface area contributed by atoms with E-state index in [2.05, 4.69) is 17.4 Å². The van der Waals surface area contributed by atoms with E-state index in [0.717, 1.165) is 7.11 Å². The van der Waals surface area contributed by atoms with Crippen LogP contribution in [0.25, 0.3) is 0 Å². The van der Waals surface area contributed by atoms with Crippen LogP contribution in [0.3, 0.4) is 0 Å². The minimum Gasteiger partial charge on any atom is -0.476 e. The zero-order valence-corrected chi connectivity index (χ0v) is 9.55. The SMILES string of the molecule is COC(=O)/C(S)=C(\I)C(=N)C(=O)O. The van der Waals surface area contributed by atoms with Gasteiger partial charge in [-0.3, -0.25) is 5.41 Å². The van der Waals surface area contributed by atoms with Crippen molar-refractivity contribution < 1.29 is 19.4 Å². The van der Waals surface area contributed by atoms with E-state index in [1.165, 1.54) is 0 Å². The number of carbonyl (C=O) groups excluding carboxylic acids is 1. The molecule has 0 saturated heterocycles. The summed E-state index contributed by atoms with van der Waals surface area (Å²) in [7, 11) is 1.15. The van der Waals surface area contributed by atoms with E-state index >= 15 is 0 Å². The number of halogens is 1. The number of carboxylic acids is 1. The van der Waals surface area contributed by atoms with E-state index in [-0.39, 0.29) is 8.48 Å². The Bertz CT molecular complexity index is 299. The molecular formula is C6H6INO4S. The Hall–Kier alpha value is -0.570. The summed E-state index contributed by atoms with van der Waals surface area (Å²) in [5.74, 6) is -2.18. The van der Waals surface area contributed by atoms with E-state index in [1.54, 1.807) is 22.6 Å². The molecule has 0 amide bonds. The zero-order chi connectivity index (χ0) is 10.6. The first-order chi connectivity index (χ1) is 5.91. The second-order valence-corrected chi connectivity index (χ2v) is 3.36. The van der Waals surface area contributed by atoms with Crippen molar-refractivity contribution in [2.45, 2.75) is 0 Å². The third-order valence-electron chi connectivity index (χ3n) is 1.02. The summed E-state index contributed by atoms with van der Waals surface area (Å²) in [6.45, 7) is 0. The molecule has 0 saturated carbocycles. The predicted molar refractivity (Wildman–Crippen MR) is 57.4 cm³/mol. The Morgan fingerprint density at radius 2 is 2.00 bits per heavy atom. The third kappa shape index (κ3) is 3.35. The summed E-state index contributed by atoms with van der Waals surface area (Å²) >= 11 is 5.27. The van der Waals surface area contributed by atoms with Crippen molar-refractivity contribution in [2.24, 2.45) is 0 Å². The van der Waals surface area contributed by atoms with Crippen LogP contribution in [-0.2, 0) is 14.3 Å². The lowest BCUT2D eigenvalue weighted by atomic mass is 10.3. The molecule has 0 aliphatic carbocycles. The number of thiol groups is 1. The normalized spacial score (nSPS) is 11.6. The molecule has 5 nitrogen and oxygen atoms in total. The Labute approximate surface area is 93.2 Å². The molecular weight excluding hydrogens is 309 g/mol. The maximum atomic E-state index is 10.8. The fraction of sp³-hybridized carbons (Fsp3) is 0.167. The van der Waals surface area contributed by atoms with Gasteiger partial charge >= 0.3 is 11.9 Å². The van der Waals surface area contributed by atoms with Crippen molar-refractivity contribution in [2.75, 3.05) is 7.11 Å². The number of carbonyl (C=O) groups is 2. The molecule has 0 spiro atoms. The molecule has 0 aromatic heterocycles. The van der Waals surface area contributed by atoms with E-state index in [0.29, 0.717) is 0 Å². The van der Waals surface area contributed by atoms with Crippen molar-refractivity contribution in [1.82, 2.24) is 0 Å². The van der Waals surface area contributed by atoms with Gasteiger partial charge in [-0.1, -0.05) is 0 Å². The number of esters is 1. The summed E-state index contributed by atoms with van der Waals surface area (Å²) in [5, 5.41) is 15.4. The fourth-order valence-corrected chi connectivity index (χ4v) is 1.05. The van der Waals surface area contributed by atoms with Crippen molar-refractivity contribution in [3.8, 4) is 0 Å². The molecule has 13 heavy (non-hydrogen) atoms. The van der Waals surface area contributed by atoms with Gasteiger partial charge in [0, 0.05) is 0 Å². The topological polar surface area (TPSA) is 87.5 Å². The summed E-state index contributed by atoms with van der Waals surface area (Å²) < 4.78 is 4.24. The molecule has 0 unspecified atom stereocenters. The molecule has 0 radical (unpaired) electrons. The number of carboxylic acid groups (broad SMARTS) is 1. The molecule has 0 aliphatic rings. The zero-order valence-electron chi connectivity index (χ0n) is 6.50. The quantitative estimate of drug-likeness (QED) is 0.237. The Kier molecular flexibility index (Phi) is 4.99. The maximum Gasteiger partial charge on any atom is 0.354 e. The van der Waals surface area contributed by atoms with E-state index in [4.69, 9.17) is 10.5 Å². The lowest BCUT2D eigenvalue weighted by Crippen LogP contribution is -2.14. The Morgan fingerprint density at radius 3 is 2.31 bits per heavy atom. The Balaban J connectivity index is 4.92. The average Bonchev–Trinajstić information content (AvgIpc) is 2.12. The van der Waals surface area contributed by atoms with Gasteiger partial charge in [-0.25, -0.2) is 9.59 Å². The van der Waals surface area contributed by atoms with Crippen LogP contribution in [0.15, 0.2) is 8.48 Å². The predicted octanol–water partition coefficient (Wildman–Crippen LogP) is 0.840. The van der Waals surface area contributed by atoms with E-state index < -0.39 is 17.7 Å². The minimum atomic E-state index is -1.42. The summed E-state index contributed by atoms with van der Waals surface area (Å²) in [4.78, 5) is 21.0. The van der Waals surface area contributed by atoms with Crippen LogP contribution in [0.5, 0.6) is 0 Å². The molecule has 0 fully saturated rings. The highest BCUT2D eigenvalue weighted by Crippen LogP contribution is 2.18. The lowest BCUT2D eigenvalue weighted by molar-refractivity contribution is -0.135. The van der Waals surface area contributed by atoms with Gasteiger partial charge in [-0.15, -0.1) is 12.6 Å². The summed E-state index contributed by atoms with van der Waals surface area (Å²) in [5.41, 5.74) is -0.684. The van der Waals surface area contributed by atoms with E-state index in [1.807, 2.05) is 0 Å². The molecule has 0 heterocycles. The number of methoxy groups -OCH3 is 1. The molecule has 0 aromatic carbocycles. The van der Waals surface area contributed by atoms with Gasteiger partial charge in [0.25, 0.3) is 0 Å². The highest BCUT2D eigenvalue weighted by molar-refractivity contribution is 14.1. The number of rotatable bonds is 3. The second kappa shape index (κ2) is 5.22. The molecule has 0 aromatic rings. The van der Waals surface area contributed by atoms with Gasteiger partial charge in [0.1, 0.15) is 4.91 Å². The minimum absolute atomic E-state index is 0.0553. The van der Waals surface area contributed by atoms with Gasteiger partial charge in [-0.05, 0) is 22.6 Å². The van der Waals surface area contributed by atoms with Crippen LogP contribution in [0.4, 0.5) is 0 Å². The molecule has 2 N–H and O–H groups in total. The monoisotopic (exact) mass is 315 g/mol. The largest absolute Gasteiger partial charge is 0.476 e. The van der Waals surface area contributed by atoms with Crippen molar-refractivity contribution in [3.05, 3.63) is 8.48 Å². The van der Waals surface area contributed by atoms with Crippen LogP contribution < -0.4 is 0 Å². The van der Waals surface area contributed by atoms with Crippen molar-refractivity contribution in [3.63, 3.8) is 0 Å². The van der Waals surface area contributed by atoms with Crippen LogP contribution in [0.2, 0.25) is 0 Å². The number of aliphatic carboxylic acids is 1. The molecule has 0 bridgehead atoms. The lowest BCUT2D eigenvalue weighted by Gasteiger charge is -2.01. The Morgan fingerprint density at radius 1 is 1.54 bits per heavy atom. The van der Waals surface area contributed by atoms with Crippen LogP contribution in [0.1, 0.15) is 0 Å². The van der Waals surface area contributed by atoms with Gasteiger partial charge < -0.3 is 9.84 Å². The number of hydrogen-bond donors (Lipinski definition) is 3. The first-order valence-corrected chi connectivity index (χ1v) is 4.43. The van der Waals surface area contributed by atoms with Gasteiger partial charge in [0.2, 0.25) is 0 Å². The van der Waals surface area contributed by atoms with Gasteiger partial charge in [-0.2, -0.15) is 0 Å². The standard InChI is InChI=1S/C6H6INO4S/c1-12-6(11)4(13)2(7)3(8)5(9)10/h8,13H,1H3,(H,9,10)/b4-2+,8-3?. The molecule has 72 valence electrons. The van der Waals surface area contributed by atoms with Gasteiger partial charge in [0.05, 0.1) is 10.7 Å². The van der Waals surface area contributed by atoms with Crippen molar-refractivity contribution >= 4 is 52.9 Å². The number of nitrogens with one attached hydrogen (secondary N) is 1. The molecule has 0 aliphatic heterocycles. The van der Waals surface area contributed by atoms with Crippen LogP contribution in [-0.4, -0.2) is 29.9 Å². The number of ether oxygens (including phenoxy) is 1. The molecule has 0 atom stereocenters.